The first-order valence-corrected chi connectivity index (χ1v) is 14.3. The van der Waals surface area contributed by atoms with Gasteiger partial charge in [0.25, 0.3) is 5.91 Å². The number of nitrogens with zero attached hydrogens (tertiary/aromatic N) is 1. The average Bonchev–Trinajstić information content (AvgIpc) is 3.34. The van der Waals surface area contributed by atoms with Gasteiger partial charge < -0.3 is 15.0 Å². The van der Waals surface area contributed by atoms with Gasteiger partial charge in [0, 0.05) is 27.5 Å². The molecule has 4 aromatic carbocycles. The molecule has 0 aliphatic carbocycles. The number of benzene rings is 4. The van der Waals surface area contributed by atoms with Crippen LogP contribution in [-0.2, 0) is 6.61 Å². The lowest BCUT2D eigenvalue weighted by molar-refractivity contribution is 0.0940. The highest BCUT2D eigenvalue weighted by atomic mass is 79.9. The van der Waals surface area contributed by atoms with Gasteiger partial charge in [-0.2, -0.15) is 0 Å². The number of halogens is 3. The zero-order valence-corrected chi connectivity index (χ0v) is 24.5. The molecule has 0 spiro atoms. The number of hydrogen-bond donors (Lipinski definition) is 1. The topological polar surface area (TPSA) is 41.6 Å². The number of amides is 1. The Balaban J connectivity index is 1.42. The van der Waals surface area contributed by atoms with Crippen LogP contribution in [0, 0.1) is 5.82 Å². The first-order valence-electron chi connectivity index (χ1n) is 13.1. The molecule has 40 heavy (non-hydrogen) atoms. The molecule has 0 aromatic heterocycles. The van der Waals surface area contributed by atoms with Crippen molar-refractivity contribution >= 4 is 44.8 Å². The van der Waals surface area contributed by atoms with E-state index in [0.29, 0.717) is 22.9 Å². The summed E-state index contributed by atoms with van der Waals surface area (Å²) in [7, 11) is 0. The Morgan fingerprint density at radius 1 is 1.07 bits per heavy atom. The van der Waals surface area contributed by atoms with Crippen LogP contribution in [0.4, 0.5) is 10.1 Å². The van der Waals surface area contributed by atoms with E-state index in [0.717, 1.165) is 39.0 Å². The first-order chi connectivity index (χ1) is 19.3. The fraction of sp³-hybridized carbons (Fsp3) is 0.182. The summed E-state index contributed by atoms with van der Waals surface area (Å²) in [6.45, 7) is 4.41. The lowest BCUT2D eigenvalue weighted by atomic mass is 10.1. The van der Waals surface area contributed by atoms with Gasteiger partial charge in [-0.1, -0.05) is 76.1 Å². The monoisotopic (exact) mass is 618 g/mol. The van der Waals surface area contributed by atoms with Gasteiger partial charge in [-0.15, -0.1) is 0 Å². The molecule has 1 N–H and O–H groups in total. The molecule has 1 heterocycles. The predicted molar refractivity (Wildman–Crippen MR) is 163 cm³/mol. The molecule has 5 rings (SSSR count). The number of rotatable bonds is 8. The van der Waals surface area contributed by atoms with Crippen LogP contribution in [0.15, 0.2) is 102 Å². The highest BCUT2D eigenvalue weighted by Gasteiger charge is 2.28. The normalized spacial score (nSPS) is 15.5. The highest BCUT2D eigenvalue weighted by Crippen LogP contribution is 2.41. The van der Waals surface area contributed by atoms with E-state index in [2.05, 4.69) is 39.1 Å². The van der Waals surface area contributed by atoms with Crippen molar-refractivity contribution in [3.05, 3.63) is 135 Å². The summed E-state index contributed by atoms with van der Waals surface area (Å²) in [5.41, 5.74) is 5.07. The second-order valence-electron chi connectivity index (χ2n) is 9.87. The Morgan fingerprint density at radius 3 is 2.58 bits per heavy atom. The molecule has 0 saturated carbocycles. The van der Waals surface area contributed by atoms with Gasteiger partial charge in [0.05, 0.1) is 16.6 Å². The third kappa shape index (κ3) is 6.24. The van der Waals surface area contributed by atoms with Crippen LogP contribution in [0.2, 0.25) is 5.02 Å². The number of hydrogen-bond acceptors (Lipinski definition) is 3. The Labute approximate surface area is 247 Å². The summed E-state index contributed by atoms with van der Waals surface area (Å²) in [5.74, 6) is 0.201. The molecular weight excluding hydrogens is 591 g/mol. The zero-order valence-electron chi connectivity index (χ0n) is 22.2. The van der Waals surface area contributed by atoms with Crippen molar-refractivity contribution in [2.45, 2.75) is 39.0 Å². The number of ether oxygens (including phenoxy) is 1. The summed E-state index contributed by atoms with van der Waals surface area (Å²) in [4.78, 5) is 15.5. The van der Waals surface area contributed by atoms with Crippen LogP contribution < -0.4 is 15.0 Å². The van der Waals surface area contributed by atoms with Crippen LogP contribution in [-0.4, -0.2) is 11.9 Å². The zero-order chi connectivity index (χ0) is 28.2. The number of carbonyl (C=O) groups is 1. The van der Waals surface area contributed by atoms with E-state index in [9.17, 15) is 9.18 Å². The van der Waals surface area contributed by atoms with Gasteiger partial charge in [0.1, 0.15) is 18.2 Å². The standard InChI is InChI=1S/C33H29BrClFN2O2/c1-21-8-16-31(29-18-25(34)11-17-32(29)40-20-23-9-12-26(36)13-10-23)38(21)27-14-15-30(35)28(19-27)33(39)37-22(2)24-6-4-3-5-7-24/h3-7,9-19,21-22H,8,20H2,1-2H3,(H,37,39)/t21?,22-/m0/s1. The highest BCUT2D eigenvalue weighted by molar-refractivity contribution is 9.10. The van der Waals surface area contributed by atoms with Crippen molar-refractivity contribution in [2.75, 3.05) is 4.90 Å². The number of nitrogens with one attached hydrogen (secondary N) is 1. The minimum absolute atomic E-state index is 0.152. The Bertz CT molecular complexity index is 1540. The van der Waals surface area contributed by atoms with Crippen LogP contribution in [0.1, 0.15) is 53.4 Å². The Kier molecular flexibility index (Phi) is 8.57. The van der Waals surface area contributed by atoms with E-state index in [4.69, 9.17) is 16.3 Å². The van der Waals surface area contributed by atoms with E-state index >= 15 is 0 Å². The van der Waals surface area contributed by atoms with Gasteiger partial charge in [-0.05, 0) is 79.9 Å². The Hall–Kier alpha value is -3.61. The lowest BCUT2D eigenvalue weighted by Crippen LogP contribution is -2.29. The lowest BCUT2D eigenvalue weighted by Gasteiger charge is -2.29. The summed E-state index contributed by atoms with van der Waals surface area (Å²) in [6, 6.07) is 27.6. The fourth-order valence-corrected chi connectivity index (χ4v) is 5.43. The molecule has 0 saturated heterocycles. The number of anilines is 1. The third-order valence-corrected chi connectivity index (χ3v) is 7.82. The molecule has 0 fully saturated rings. The van der Waals surface area contributed by atoms with E-state index in [1.807, 2.05) is 67.6 Å². The molecule has 1 aliphatic heterocycles. The molecule has 7 heteroatoms. The van der Waals surface area contributed by atoms with Crippen molar-refractivity contribution in [2.24, 2.45) is 0 Å². The minimum Gasteiger partial charge on any atom is -0.488 e. The molecule has 4 nitrogen and oxygen atoms in total. The fourth-order valence-electron chi connectivity index (χ4n) is 4.86. The summed E-state index contributed by atoms with van der Waals surface area (Å²) in [6.07, 6.45) is 3.01. The van der Waals surface area contributed by atoms with Crippen LogP contribution in [0.25, 0.3) is 5.70 Å². The molecule has 1 unspecified atom stereocenters. The van der Waals surface area contributed by atoms with Crippen LogP contribution in [0.5, 0.6) is 5.75 Å². The maximum Gasteiger partial charge on any atom is 0.253 e. The van der Waals surface area contributed by atoms with Crippen LogP contribution in [0.3, 0.4) is 0 Å². The Morgan fingerprint density at radius 2 is 1.82 bits per heavy atom. The van der Waals surface area contributed by atoms with Crippen molar-refractivity contribution in [1.29, 1.82) is 0 Å². The average molecular weight is 620 g/mol. The molecule has 0 radical (unpaired) electrons. The van der Waals surface area contributed by atoms with Crippen LogP contribution >= 0.6 is 27.5 Å². The summed E-state index contributed by atoms with van der Waals surface area (Å²) in [5, 5.41) is 3.46. The van der Waals surface area contributed by atoms with Crippen molar-refractivity contribution in [3.63, 3.8) is 0 Å². The van der Waals surface area contributed by atoms with Gasteiger partial charge in [-0.25, -0.2) is 4.39 Å². The summed E-state index contributed by atoms with van der Waals surface area (Å²) >= 11 is 10.1. The van der Waals surface area contributed by atoms with Gasteiger partial charge in [0.15, 0.2) is 0 Å². The number of carbonyl (C=O) groups excluding carboxylic acids is 1. The molecule has 2 atom stereocenters. The molecule has 204 valence electrons. The smallest absolute Gasteiger partial charge is 0.253 e. The largest absolute Gasteiger partial charge is 0.488 e. The molecular formula is C33H29BrClFN2O2. The third-order valence-electron chi connectivity index (χ3n) is 7.00. The second-order valence-corrected chi connectivity index (χ2v) is 11.2. The SMILES string of the molecule is CC1CC=C(c2cc(Br)ccc2OCc2ccc(F)cc2)N1c1ccc(Cl)c(C(=O)N[C@@H](C)c2ccccc2)c1. The van der Waals surface area contributed by atoms with E-state index < -0.39 is 0 Å². The van der Waals surface area contributed by atoms with Crippen molar-refractivity contribution in [1.82, 2.24) is 5.32 Å². The molecule has 4 aromatic rings. The maximum absolute atomic E-state index is 13.4. The van der Waals surface area contributed by atoms with Gasteiger partial charge in [-0.3, -0.25) is 4.79 Å². The molecule has 1 aliphatic rings. The summed E-state index contributed by atoms with van der Waals surface area (Å²) < 4.78 is 20.5. The van der Waals surface area contributed by atoms with Gasteiger partial charge >= 0.3 is 0 Å². The maximum atomic E-state index is 13.4. The van der Waals surface area contributed by atoms with E-state index in [-0.39, 0.29) is 23.8 Å². The van der Waals surface area contributed by atoms with Crippen molar-refractivity contribution in [3.8, 4) is 5.75 Å². The van der Waals surface area contributed by atoms with E-state index in [1.165, 1.54) is 12.1 Å². The second kappa shape index (κ2) is 12.3. The van der Waals surface area contributed by atoms with E-state index in [1.54, 1.807) is 18.2 Å². The minimum atomic E-state index is -0.278. The quantitative estimate of drug-likeness (QED) is 0.214. The van der Waals surface area contributed by atoms with Gasteiger partial charge in [0.2, 0.25) is 0 Å². The molecule has 0 bridgehead atoms. The van der Waals surface area contributed by atoms with Crippen molar-refractivity contribution < 1.29 is 13.9 Å². The first kappa shape index (κ1) is 27.9. The molecule has 1 amide bonds. The predicted octanol–water partition coefficient (Wildman–Crippen LogP) is 8.95.